The Morgan fingerprint density at radius 1 is 0.841 bits per heavy atom. The highest BCUT2D eigenvalue weighted by Crippen LogP contribution is 2.74. The smallest absolute Gasteiger partial charge is 0.331 e. The topological polar surface area (TPSA) is 150 Å². The Morgan fingerprint density at radius 3 is 2.06 bits per heavy atom. The highest BCUT2D eigenvalue weighted by atomic mass is 16.9. The Balaban J connectivity index is 1.05. The first-order valence-corrected chi connectivity index (χ1v) is 23.5. The van der Waals surface area contributed by atoms with E-state index in [4.69, 9.17) is 28.4 Å². The molecule has 6 aliphatic rings. The van der Waals surface area contributed by atoms with E-state index < -0.39 is 94.9 Å². The average molecular weight is 867 g/mol. The lowest BCUT2D eigenvalue weighted by molar-refractivity contribution is -0.440. The van der Waals surface area contributed by atoms with Gasteiger partial charge in [-0.05, 0) is 43.1 Å². The SMILES string of the molecule is C=C(C)[C@@]12O[C@@]3(c4ccccc4)O[C@@H]1[C@@H]1[C@@H]4O[C@]4(COC(=O)CCCCCCCCCCCCCCC)[C@H](O)[C@]4(O)C(=O)C(C)=C[C@@H]4[C@@]1(O3)[C@H](C)[C@H]2OC(=O)/C=C/c1ccccc1. The highest BCUT2D eigenvalue weighted by molar-refractivity contribution is 6.05. The van der Waals surface area contributed by atoms with Gasteiger partial charge in [-0.1, -0.05) is 164 Å². The molecule has 2 aromatic carbocycles. The molecule has 8 rings (SSSR count). The molecule has 340 valence electrons. The number of hydrogen-bond acceptors (Lipinski definition) is 11. The van der Waals surface area contributed by atoms with Gasteiger partial charge >= 0.3 is 17.9 Å². The summed E-state index contributed by atoms with van der Waals surface area (Å²) < 4.78 is 40.3. The van der Waals surface area contributed by atoms with E-state index >= 15 is 0 Å². The van der Waals surface area contributed by atoms with Gasteiger partial charge in [-0.25, -0.2) is 4.79 Å². The molecule has 3 heterocycles. The van der Waals surface area contributed by atoms with Crippen LogP contribution in [0.5, 0.6) is 0 Å². The van der Waals surface area contributed by atoms with Crippen LogP contribution in [0.2, 0.25) is 0 Å². The van der Waals surface area contributed by atoms with Crippen molar-refractivity contribution in [2.75, 3.05) is 6.61 Å². The van der Waals surface area contributed by atoms with E-state index in [1.54, 1.807) is 38.1 Å². The van der Waals surface area contributed by atoms with Gasteiger partial charge < -0.3 is 38.6 Å². The third-order valence-electron chi connectivity index (χ3n) is 15.0. The Kier molecular flexibility index (Phi) is 13.1. The van der Waals surface area contributed by atoms with Crippen LogP contribution in [0.4, 0.5) is 0 Å². The fourth-order valence-electron chi connectivity index (χ4n) is 11.7. The summed E-state index contributed by atoms with van der Waals surface area (Å²) in [6.07, 6.45) is 15.3. The zero-order valence-electron chi connectivity index (χ0n) is 37.4. The Bertz CT molecular complexity index is 2070. The van der Waals surface area contributed by atoms with Crippen LogP contribution < -0.4 is 0 Å². The number of esters is 2. The number of fused-ring (bicyclic) bond motifs is 3. The highest BCUT2D eigenvalue weighted by Gasteiger charge is 2.91. The molecule has 2 N–H and O–H groups in total. The van der Waals surface area contributed by atoms with Gasteiger partial charge in [0.15, 0.2) is 22.6 Å². The third kappa shape index (κ3) is 7.68. The van der Waals surface area contributed by atoms with Crippen LogP contribution in [0.25, 0.3) is 6.08 Å². The lowest BCUT2D eigenvalue weighted by atomic mass is 9.53. The summed E-state index contributed by atoms with van der Waals surface area (Å²) in [6.45, 7) is 11.5. The van der Waals surface area contributed by atoms with Crippen LogP contribution in [-0.4, -0.2) is 81.4 Å². The van der Waals surface area contributed by atoms with E-state index in [0.29, 0.717) is 17.6 Å². The van der Waals surface area contributed by atoms with Crippen LogP contribution in [0.3, 0.4) is 0 Å². The normalized spacial score (nSPS) is 36.9. The summed E-state index contributed by atoms with van der Waals surface area (Å²) in [5.41, 5.74) is -5.31. The molecule has 0 radical (unpaired) electrons. The molecule has 12 atom stereocenters. The summed E-state index contributed by atoms with van der Waals surface area (Å²) in [6, 6.07) is 18.4. The predicted molar refractivity (Wildman–Crippen MR) is 236 cm³/mol. The number of epoxide rings is 1. The maximum absolute atomic E-state index is 14.4. The van der Waals surface area contributed by atoms with E-state index in [1.807, 2.05) is 55.5 Å². The molecule has 5 fully saturated rings. The van der Waals surface area contributed by atoms with E-state index in [-0.39, 0.29) is 12.0 Å². The minimum Gasteiger partial charge on any atom is -0.462 e. The molecule has 2 saturated carbocycles. The molecule has 2 aromatic rings. The molecule has 0 unspecified atom stereocenters. The van der Waals surface area contributed by atoms with E-state index in [2.05, 4.69) is 13.5 Å². The molecule has 3 aliphatic heterocycles. The minimum atomic E-state index is -2.48. The molecule has 0 aromatic heterocycles. The number of benzene rings is 2. The zero-order chi connectivity index (χ0) is 44.6. The lowest BCUT2D eigenvalue weighted by Crippen LogP contribution is -2.76. The van der Waals surface area contributed by atoms with Crippen molar-refractivity contribution in [3.8, 4) is 0 Å². The monoisotopic (exact) mass is 866 g/mol. The van der Waals surface area contributed by atoms with Crippen LogP contribution in [0.1, 0.15) is 129 Å². The maximum Gasteiger partial charge on any atom is 0.331 e. The van der Waals surface area contributed by atoms with Crippen LogP contribution in [0.15, 0.2) is 90.5 Å². The van der Waals surface area contributed by atoms with Crippen molar-refractivity contribution < 1.29 is 53.0 Å². The van der Waals surface area contributed by atoms with Gasteiger partial charge in [-0.15, -0.1) is 0 Å². The van der Waals surface area contributed by atoms with Crippen molar-refractivity contribution in [3.05, 3.63) is 102 Å². The second-order valence-electron chi connectivity index (χ2n) is 19.0. The number of rotatable bonds is 21. The molecule has 63 heavy (non-hydrogen) atoms. The number of carbonyl (C=O) groups excluding carboxylic acids is 3. The van der Waals surface area contributed by atoms with Gasteiger partial charge in [0.25, 0.3) is 0 Å². The van der Waals surface area contributed by atoms with Gasteiger partial charge in [-0.2, -0.15) is 0 Å². The summed E-state index contributed by atoms with van der Waals surface area (Å²) in [4.78, 5) is 41.6. The van der Waals surface area contributed by atoms with Gasteiger partial charge in [-0.3, -0.25) is 9.59 Å². The van der Waals surface area contributed by atoms with Crippen molar-refractivity contribution in [2.45, 2.75) is 170 Å². The number of unbranched alkanes of at least 4 members (excludes halogenated alkanes) is 12. The largest absolute Gasteiger partial charge is 0.462 e. The second kappa shape index (κ2) is 18.1. The number of ether oxygens (including phenoxy) is 6. The molecule has 3 aliphatic carbocycles. The van der Waals surface area contributed by atoms with Crippen molar-refractivity contribution in [1.29, 1.82) is 0 Å². The predicted octanol–water partition coefficient (Wildman–Crippen LogP) is 8.60. The number of ketones is 1. The number of Topliss-reactive ketones (excluding diaryl/α,β-unsaturated/α-hetero) is 1. The summed E-state index contributed by atoms with van der Waals surface area (Å²) in [5.74, 6) is -6.56. The molecular weight excluding hydrogens is 801 g/mol. The van der Waals surface area contributed by atoms with E-state index in [0.717, 1.165) is 24.8 Å². The third-order valence-corrected chi connectivity index (χ3v) is 15.0. The molecule has 11 heteroatoms. The van der Waals surface area contributed by atoms with Crippen LogP contribution >= 0.6 is 0 Å². The first-order chi connectivity index (χ1) is 30.3. The minimum absolute atomic E-state index is 0.193. The fraction of sp³-hybridized carbons (Fsp3) is 0.596. The van der Waals surface area contributed by atoms with Gasteiger partial charge in [0.1, 0.15) is 31.0 Å². The van der Waals surface area contributed by atoms with Crippen LogP contribution in [-0.2, 0) is 48.8 Å². The summed E-state index contributed by atoms with van der Waals surface area (Å²) in [7, 11) is 0. The van der Waals surface area contributed by atoms with E-state index in [9.17, 15) is 24.6 Å². The van der Waals surface area contributed by atoms with Crippen molar-refractivity contribution in [2.24, 2.45) is 17.8 Å². The van der Waals surface area contributed by atoms with Crippen molar-refractivity contribution in [3.63, 3.8) is 0 Å². The van der Waals surface area contributed by atoms with Gasteiger partial charge in [0.05, 0.1) is 5.60 Å². The van der Waals surface area contributed by atoms with E-state index in [1.165, 1.54) is 63.9 Å². The number of hydrogen-bond donors (Lipinski definition) is 2. The quantitative estimate of drug-likeness (QED) is 0.0408. The molecule has 11 nitrogen and oxygen atoms in total. The van der Waals surface area contributed by atoms with Gasteiger partial charge in [0.2, 0.25) is 0 Å². The average Bonchev–Trinajstić information content (AvgIpc) is 3.89. The number of aliphatic hydroxyl groups excluding tert-OH is 1. The number of aliphatic hydroxyl groups is 2. The molecular formula is C52H66O11. The van der Waals surface area contributed by atoms with Crippen molar-refractivity contribution in [1.82, 2.24) is 0 Å². The Hall–Kier alpha value is -3.97. The van der Waals surface area contributed by atoms with Gasteiger partial charge in [0, 0.05) is 35.8 Å². The second-order valence-corrected chi connectivity index (χ2v) is 19.0. The standard InChI is InChI=1S/C52H66O11/c1-6-7-8-9-10-11-12-13-14-15-16-17-24-29-40(53)58-33-48-45(60-48)42-46-50(34(2)3)44(59-41(54)31-30-37-25-20-18-21-26-37)36(5)51(42,39-32-35(4)43(55)49(39,57)47(48)56)63-52(61-46,62-50)38-27-22-19-23-28-38/h18-23,25-28,30-32,36,39,42,44-47,56-57H,2,6-17,24,29,33H2,1,3-5H3/b31-30+/t36-,39+,42+,44-,45+,46-,47+,48+,49-,50+,51+,52-/m1/s1. The fourth-order valence-corrected chi connectivity index (χ4v) is 11.7. The Morgan fingerprint density at radius 2 is 1.44 bits per heavy atom. The summed E-state index contributed by atoms with van der Waals surface area (Å²) in [5, 5.41) is 25.5. The molecule has 3 saturated heterocycles. The number of carbonyl (C=O) groups is 3. The maximum atomic E-state index is 14.4. The first-order valence-electron chi connectivity index (χ1n) is 23.5. The molecule has 3 bridgehead atoms. The molecule has 0 spiro atoms. The zero-order valence-corrected chi connectivity index (χ0v) is 37.4. The molecule has 0 amide bonds. The lowest BCUT2D eigenvalue weighted by Gasteiger charge is -2.61. The van der Waals surface area contributed by atoms with Crippen molar-refractivity contribution >= 4 is 23.8 Å². The summed E-state index contributed by atoms with van der Waals surface area (Å²) >= 11 is 0. The van der Waals surface area contributed by atoms with Crippen LogP contribution in [0, 0.1) is 17.8 Å². The Labute approximate surface area is 372 Å². The first kappa shape index (κ1) is 45.6.